The summed E-state index contributed by atoms with van der Waals surface area (Å²) in [6.45, 7) is 7.42. The van der Waals surface area contributed by atoms with Crippen LogP contribution in [0.5, 0.6) is 0 Å². The molecule has 0 saturated carbocycles. The van der Waals surface area contributed by atoms with E-state index in [0.29, 0.717) is 23.4 Å². The van der Waals surface area contributed by atoms with Crippen molar-refractivity contribution >= 4 is 22.3 Å². The normalized spacial score (nSPS) is 13.4. The van der Waals surface area contributed by atoms with E-state index < -0.39 is 11.6 Å². The predicted molar refractivity (Wildman–Crippen MR) is 102 cm³/mol. The second-order valence-electron chi connectivity index (χ2n) is 7.00. The van der Waals surface area contributed by atoms with Crippen molar-refractivity contribution in [2.75, 3.05) is 13.6 Å². The van der Waals surface area contributed by atoms with Gasteiger partial charge < -0.3 is 4.42 Å². The van der Waals surface area contributed by atoms with Crippen LogP contribution in [0.3, 0.4) is 0 Å². The number of ketones is 2. The molecule has 0 aliphatic heterocycles. The second-order valence-corrected chi connectivity index (χ2v) is 7.00. The smallest absolute Gasteiger partial charge is 0.237 e. The van der Waals surface area contributed by atoms with Gasteiger partial charge in [0.25, 0.3) is 0 Å². The SMILES string of the molecule is CCN(C)Cc1oc2c(c1C)C(=O)C(=O)c1c-2ccc2c(C)cccc12. The first-order valence-electron chi connectivity index (χ1n) is 8.86. The van der Waals surface area contributed by atoms with Crippen LogP contribution in [-0.2, 0) is 6.54 Å². The van der Waals surface area contributed by atoms with Crippen molar-refractivity contribution in [1.29, 1.82) is 0 Å². The van der Waals surface area contributed by atoms with Gasteiger partial charge in [0.1, 0.15) is 11.5 Å². The Morgan fingerprint density at radius 1 is 0.962 bits per heavy atom. The Hall–Kier alpha value is -2.72. The summed E-state index contributed by atoms with van der Waals surface area (Å²) in [6, 6.07) is 9.74. The average molecular weight is 347 g/mol. The quantitative estimate of drug-likeness (QED) is 0.652. The van der Waals surface area contributed by atoms with Crippen LogP contribution in [0.15, 0.2) is 34.7 Å². The van der Waals surface area contributed by atoms with Gasteiger partial charge in [-0.15, -0.1) is 0 Å². The number of furan rings is 1. The van der Waals surface area contributed by atoms with E-state index in [9.17, 15) is 9.59 Å². The number of Topliss-reactive ketones (excluding diaryl/α,β-unsaturated/α-hetero) is 2. The van der Waals surface area contributed by atoms with Crippen molar-refractivity contribution in [2.24, 2.45) is 0 Å². The van der Waals surface area contributed by atoms with Crippen LogP contribution in [0.2, 0.25) is 0 Å². The van der Waals surface area contributed by atoms with E-state index in [1.54, 1.807) is 0 Å². The molecule has 0 atom stereocenters. The number of hydrogen-bond donors (Lipinski definition) is 0. The molecule has 1 aliphatic rings. The minimum atomic E-state index is -0.465. The van der Waals surface area contributed by atoms with Crippen molar-refractivity contribution in [1.82, 2.24) is 4.90 Å². The van der Waals surface area contributed by atoms with Crippen LogP contribution in [0.1, 0.15) is 44.5 Å². The third kappa shape index (κ3) is 2.26. The summed E-state index contributed by atoms with van der Waals surface area (Å²) < 4.78 is 6.12. The summed E-state index contributed by atoms with van der Waals surface area (Å²) in [4.78, 5) is 27.9. The monoisotopic (exact) mass is 347 g/mol. The molecule has 0 fully saturated rings. The Kier molecular flexibility index (Phi) is 3.81. The first kappa shape index (κ1) is 16.7. The molecule has 4 heteroatoms. The lowest BCUT2D eigenvalue weighted by Gasteiger charge is -2.16. The minimum Gasteiger partial charge on any atom is -0.459 e. The Balaban J connectivity index is 2.01. The zero-order chi connectivity index (χ0) is 18.6. The highest BCUT2D eigenvalue weighted by Gasteiger charge is 2.37. The molecule has 4 rings (SSSR count). The number of nitrogens with zero attached hydrogens (tertiary/aromatic N) is 1. The molecule has 0 N–H and O–H groups in total. The molecule has 0 radical (unpaired) electrons. The topological polar surface area (TPSA) is 50.5 Å². The highest BCUT2D eigenvalue weighted by Crippen LogP contribution is 2.41. The third-order valence-corrected chi connectivity index (χ3v) is 5.38. The van der Waals surface area contributed by atoms with Crippen molar-refractivity contribution in [3.05, 3.63) is 58.3 Å². The summed E-state index contributed by atoms with van der Waals surface area (Å²) in [6.07, 6.45) is 0. The van der Waals surface area contributed by atoms with Gasteiger partial charge in [0.15, 0.2) is 0 Å². The van der Waals surface area contributed by atoms with E-state index in [1.807, 2.05) is 51.2 Å². The van der Waals surface area contributed by atoms with Crippen LogP contribution < -0.4 is 0 Å². The predicted octanol–water partition coefficient (Wildman–Crippen LogP) is 4.55. The first-order chi connectivity index (χ1) is 12.4. The van der Waals surface area contributed by atoms with Gasteiger partial charge in [-0.05, 0) is 49.8 Å². The number of hydrogen-bond acceptors (Lipinski definition) is 4. The zero-order valence-electron chi connectivity index (χ0n) is 15.5. The number of rotatable bonds is 3. The lowest BCUT2D eigenvalue weighted by molar-refractivity contribution is 0.0815. The molecule has 4 nitrogen and oxygen atoms in total. The van der Waals surface area contributed by atoms with Crippen molar-refractivity contribution < 1.29 is 14.0 Å². The highest BCUT2D eigenvalue weighted by atomic mass is 16.3. The summed E-state index contributed by atoms with van der Waals surface area (Å²) in [5.41, 5.74) is 3.46. The molecule has 1 heterocycles. The molecule has 26 heavy (non-hydrogen) atoms. The molecule has 2 aromatic carbocycles. The molecule has 1 aliphatic carbocycles. The van der Waals surface area contributed by atoms with Crippen molar-refractivity contribution in [3.63, 3.8) is 0 Å². The van der Waals surface area contributed by atoms with Crippen LogP contribution in [0.4, 0.5) is 0 Å². The highest BCUT2D eigenvalue weighted by molar-refractivity contribution is 6.54. The van der Waals surface area contributed by atoms with Gasteiger partial charge in [-0.3, -0.25) is 14.5 Å². The summed E-state index contributed by atoms with van der Waals surface area (Å²) in [5.74, 6) is 0.374. The lowest BCUT2D eigenvalue weighted by atomic mass is 9.83. The fraction of sp³-hybridized carbons (Fsp3) is 0.273. The fourth-order valence-electron chi connectivity index (χ4n) is 3.71. The molecule has 0 saturated heterocycles. The van der Waals surface area contributed by atoms with Crippen LogP contribution in [-0.4, -0.2) is 30.1 Å². The maximum absolute atomic E-state index is 12.9. The zero-order valence-corrected chi connectivity index (χ0v) is 15.5. The molecule has 1 aromatic heterocycles. The van der Waals surface area contributed by atoms with Gasteiger partial charge in [-0.25, -0.2) is 0 Å². The van der Waals surface area contributed by atoms with Crippen molar-refractivity contribution in [2.45, 2.75) is 27.3 Å². The largest absolute Gasteiger partial charge is 0.459 e. The maximum atomic E-state index is 12.9. The van der Waals surface area contributed by atoms with Crippen LogP contribution >= 0.6 is 0 Å². The summed E-state index contributed by atoms with van der Waals surface area (Å²) in [7, 11) is 2.00. The minimum absolute atomic E-state index is 0.425. The van der Waals surface area contributed by atoms with Gasteiger partial charge in [-0.2, -0.15) is 0 Å². The molecule has 0 unspecified atom stereocenters. The van der Waals surface area contributed by atoms with E-state index in [4.69, 9.17) is 4.42 Å². The third-order valence-electron chi connectivity index (χ3n) is 5.38. The van der Waals surface area contributed by atoms with Gasteiger partial charge in [0.05, 0.1) is 12.1 Å². The average Bonchev–Trinajstić information content (AvgIpc) is 2.95. The van der Waals surface area contributed by atoms with Gasteiger partial charge in [0, 0.05) is 16.7 Å². The number of fused-ring (bicyclic) bond motifs is 5. The van der Waals surface area contributed by atoms with Gasteiger partial charge in [0.2, 0.25) is 11.6 Å². The lowest BCUT2D eigenvalue weighted by Crippen LogP contribution is -2.21. The number of aryl methyl sites for hydroxylation is 1. The van der Waals surface area contributed by atoms with Crippen LogP contribution in [0.25, 0.3) is 22.1 Å². The summed E-state index contributed by atoms with van der Waals surface area (Å²) in [5, 5.41) is 1.80. The van der Waals surface area contributed by atoms with E-state index in [0.717, 1.165) is 39.8 Å². The fourth-order valence-corrected chi connectivity index (χ4v) is 3.71. The molecule has 0 amide bonds. The van der Waals surface area contributed by atoms with Crippen LogP contribution in [0, 0.1) is 13.8 Å². The molecule has 0 spiro atoms. The van der Waals surface area contributed by atoms with E-state index in [-0.39, 0.29) is 0 Å². The number of carbonyl (C=O) groups is 2. The Morgan fingerprint density at radius 2 is 1.69 bits per heavy atom. The second kappa shape index (κ2) is 5.92. The Morgan fingerprint density at radius 3 is 2.42 bits per heavy atom. The van der Waals surface area contributed by atoms with E-state index in [1.165, 1.54) is 0 Å². The molecule has 0 bridgehead atoms. The van der Waals surface area contributed by atoms with Gasteiger partial charge >= 0.3 is 0 Å². The maximum Gasteiger partial charge on any atom is 0.237 e. The number of carbonyl (C=O) groups excluding carboxylic acids is 2. The summed E-state index contributed by atoms with van der Waals surface area (Å²) >= 11 is 0. The van der Waals surface area contributed by atoms with E-state index in [2.05, 4.69) is 11.8 Å². The van der Waals surface area contributed by atoms with Crippen molar-refractivity contribution in [3.8, 4) is 11.3 Å². The molecular formula is C22H21NO3. The Labute approximate surface area is 152 Å². The standard InChI is InChI=1S/C22H21NO3/c1-5-23(4)11-17-13(3)18-20(24)21(25)19-15-8-6-7-12(2)14(15)9-10-16(19)22(18)26-17/h6-10H,5,11H2,1-4H3. The first-order valence-corrected chi connectivity index (χ1v) is 8.86. The molecular weight excluding hydrogens is 326 g/mol. The van der Waals surface area contributed by atoms with E-state index >= 15 is 0 Å². The Bertz CT molecular complexity index is 1070. The molecule has 132 valence electrons. The van der Waals surface area contributed by atoms with Gasteiger partial charge in [-0.1, -0.05) is 31.2 Å². The molecule has 3 aromatic rings. The number of benzene rings is 2.